The van der Waals surface area contributed by atoms with Crippen molar-refractivity contribution in [2.45, 2.75) is 43.5 Å². The number of benzene rings is 2. The highest BCUT2D eigenvalue weighted by Gasteiger charge is 2.29. The first kappa shape index (κ1) is 21.8. The highest BCUT2D eigenvalue weighted by molar-refractivity contribution is 7.89. The minimum Gasteiger partial charge on any atom is -0.369 e. The van der Waals surface area contributed by atoms with E-state index in [9.17, 15) is 13.2 Å². The number of nitrogens with one attached hydrogen (secondary N) is 1. The minimum atomic E-state index is -3.64. The first-order chi connectivity index (χ1) is 14.9. The number of para-hydroxylation sites is 1. The molecule has 2 atom stereocenters. The molecule has 1 saturated carbocycles. The number of amides is 1. The highest BCUT2D eigenvalue weighted by atomic mass is 32.2. The Balaban J connectivity index is 1.43. The van der Waals surface area contributed by atoms with Crippen molar-refractivity contribution in [3.63, 3.8) is 0 Å². The summed E-state index contributed by atoms with van der Waals surface area (Å²) >= 11 is 0. The standard InChI is InChI=1S/C24H31N3O3S/c1-19-8-5-6-13-23(19)25-24(28)20-9-7-12-22(18-20)31(29,30)27-16-14-26(15-17-27)21-10-3-2-4-11-21/h2-4,7,9-12,18-19,23H,5-6,8,13-17H2,1H3,(H,25,28)/t19-,23-/m1/s1. The summed E-state index contributed by atoms with van der Waals surface area (Å²) in [5.74, 6) is 0.259. The van der Waals surface area contributed by atoms with Crippen LogP contribution in [-0.2, 0) is 10.0 Å². The Labute approximate surface area is 185 Å². The molecule has 1 heterocycles. The maximum atomic E-state index is 13.2. The number of carbonyl (C=O) groups excluding carboxylic acids is 1. The van der Waals surface area contributed by atoms with Crippen LogP contribution in [0.3, 0.4) is 0 Å². The molecule has 2 aromatic carbocycles. The van der Waals surface area contributed by atoms with Crippen LogP contribution in [0.4, 0.5) is 5.69 Å². The van der Waals surface area contributed by atoms with Crippen molar-refractivity contribution in [2.24, 2.45) is 5.92 Å². The fourth-order valence-corrected chi connectivity index (χ4v) is 6.02. The second kappa shape index (κ2) is 9.40. The molecule has 1 N–H and O–H groups in total. The van der Waals surface area contributed by atoms with Crippen LogP contribution >= 0.6 is 0 Å². The highest BCUT2D eigenvalue weighted by Crippen LogP contribution is 2.25. The largest absolute Gasteiger partial charge is 0.369 e. The summed E-state index contributed by atoms with van der Waals surface area (Å²) in [6.45, 7) is 4.30. The zero-order valence-corrected chi connectivity index (χ0v) is 18.9. The lowest BCUT2D eigenvalue weighted by Gasteiger charge is -2.35. The molecule has 7 heteroatoms. The number of hydrogen-bond acceptors (Lipinski definition) is 4. The lowest BCUT2D eigenvalue weighted by atomic mass is 9.86. The molecule has 1 amide bonds. The van der Waals surface area contributed by atoms with Crippen molar-refractivity contribution in [1.82, 2.24) is 9.62 Å². The third-order valence-corrected chi connectivity index (χ3v) is 8.42. The summed E-state index contributed by atoms with van der Waals surface area (Å²) in [4.78, 5) is 15.2. The summed E-state index contributed by atoms with van der Waals surface area (Å²) < 4.78 is 28.0. The molecule has 1 aliphatic carbocycles. The Bertz CT molecular complexity index is 1000. The summed E-state index contributed by atoms with van der Waals surface area (Å²) in [7, 11) is -3.64. The molecule has 6 nitrogen and oxygen atoms in total. The van der Waals surface area contributed by atoms with Crippen LogP contribution in [0.1, 0.15) is 43.0 Å². The number of piperazine rings is 1. The average Bonchev–Trinajstić information content (AvgIpc) is 2.81. The summed E-state index contributed by atoms with van der Waals surface area (Å²) in [6.07, 6.45) is 4.43. The molecule has 2 aliphatic rings. The van der Waals surface area contributed by atoms with Gasteiger partial charge in [0.1, 0.15) is 0 Å². The van der Waals surface area contributed by atoms with Crippen molar-refractivity contribution in [1.29, 1.82) is 0 Å². The van der Waals surface area contributed by atoms with E-state index in [4.69, 9.17) is 0 Å². The van der Waals surface area contributed by atoms with E-state index in [1.807, 2.05) is 30.3 Å². The molecular weight excluding hydrogens is 410 g/mol. The van der Waals surface area contributed by atoms with Crippen LogP contribution in [0.15, 0.2) is 59.5 Å². The summed E-state index contributed by atoms with van der Waals surface area (Å²) in [5, 5.41) is 3.11. The van der Waals surface area contributed by atoms with E-state index in [-0.39, 0.29) is 16.8 Å². The maximum Gasteiger partial charge on any atom is 0.251 e. The molecule has 31 heavy (non-hydrogen) atoms. The average molecular weight is 442 g/mol. The van der Waals surface area contributed by atoms with Gasteiger partial charge in [-0.25, -0.2) is 8.42 Å². The molecule has 4 rings (SSSR count). The van der Waals surface area contributed by atoms with E-state index in [1.54, 1.807) is 18.2 Å². The second-order valence-electron chi connectivity index (χ2n) is 8.60. The van der Waals surface area contributed by atoms with Crippen molar-refractivity contribution in [3.8, 4) is 0 Å². The molecule has 0 radical (unpaired) electrons. The van der Waals surface area contributed by atoms with Gasteiger partial charge in [-0.05, 0) is 49.1 Å². The van der Waals surface area contributed by atoms with E-state index in [0.29, 0.717) is 37.7 Å². The van der Waals surface area contributed by atoms with Gasteiger partial charge in [0.05, 0.1) is 4.90 Å². The van der Waals surface area contributed by atoms with Gasteiger partial charge in [-0.3, -0.25) is 4.79 Å². The third kappa shape index (κ3) is 4.93. The normalized spacial score (nSPS) is 22.8. The molecule has 0 spiro atoms. The maximum absolute atomic E-state index is 13.2. The number of nitrogens with zero attached hydrogens (tertiary/aromatic N) is 2. The van der Waals surface area contributed by atoms with Crippen LogP contribution in [0.2, 0.25) is 0 Å². The second-order valence-corrected chi connectivity index (χ2v) is 10.5. The minimum absolute atomic E-state index is 0.160. The van der Waals surface area contributed by atoms with Crippen molar-refractivity contribution in [2.75, 3.05) is 31.1 Å². The number of rotatable bonds is 5. The number of sulfonamides is 1. The molecule has 0 bridgehead atoms. The number of anilines is 1. The van der Waals surface area contributed by atoms with E-state index >= 15 is 0 Å². The van der Waals surface area contributed by atoms with Gasteiger partial charge in [-0.2, -0.15) is 4.31 Å². The molecule has 2 aromatic rings. The van der Waals surface area contributed by atoms with Gasteiger partial charge in [-0.1, -0.05) is 44.0 Å². The molecule has 1 aliphatic heterocycles. The van der Waals surface area contributed by atoms with E-state index in [2.05, 4.69) is 17.1 Å². The van der Waals surface area contributed by atoms with Crippen molar-refractivity contribution in [3.05, 3.63) is 60.2 Å². The van der Waals surface area contributed by atoms with Crippen LogP contribution < -0.4 is 10.2 Å². The van der Waals surface area contributed by atoms with Gasteiger partial charge >= 0.3 is 0 Å². The number of hydrogen-bond donors (Lipinski definition) is 1. The molecular formula is C24H31N3O3S. The van der Waals surface area contributed by atoms with Crippen molar-refractivity contribution >= 4 is 21.6 Å². The van der Waals surface area contributed by atoms with E-state index < -0.39 is 10.0 Å². The molecule has 1 saturated heterocycles. The number of carbonyl (C=O) groups is 1. The Hall–Kier alpha value is -2.38. The van der Waals surface area contributed by atoms with Gasteiger partial charge in [-0.15, -0.1) is 0 Å². The fourth-order valence-electron chi connectivity index (χ4n) is 4.55. The van der Waals surface area contributed by atoms with Gasteiger partial charge < -0.3 is 10.2 Å². The Morgan fingerprint density at radius 2 is 1.65 bits per heavy atom. The molecule has 0 aromatic heterocycles. The lowest BCUT2D eigenvalue weighted by Crippen LogP contribution is -2.48. The van der Waals surface area contributed by atoms with E-state index in [1.165, 1.54) is 16.8 Å². The van der Waals surface area contributed by atoms with Gasteiger partial charge in [0, 0.05) is 43.5 Å². The Kier molecular flexibility index (Phi) is 6.62. The van der Waals surface area contributed by atoms with Crippen LogP contribution in [0.25, 0.3) is 0 Å². The van der Waals surface area contributed by atoms with Crippen LogP contribution in [0, 0.1) is 5.92 Å². The van der Waals surface area contributed by atoms with Gasteiger partial charge in [0.25, 0.3) is 5.91 Å². The zero-order chi connectivity index (χ0) is 21.8. The third-order valence-electron chi connectivity index (χ3n) is 6.52. The van der Waals surface area contributed by atoms with Crippen LogP contribution in [-0.4, -0.2) is 50.9 Å². The topological polar surface area (TPSA) is 69.7 Å². The lowest BCUT2D eigenvalue weighted by molar-refractivity contribution is 0.0910. The fraction of sp³-hybridized carbons (Fsp3) is 0.458. The summed E-state index contributed by atoms with van der Waals surface area (Å²) in [6, 6.07) is 16.6. The molecule has 0 unspecified atom stereocenters. The van der Waals surface area contributed by atoms with Crippen molar-refractivity contribution < 1.29 is 13.2 Å². The smallest absolute Gasteiger partial charge is 0.251 e. The monoisotopic (exact) mass is 441 g/mol. The quantitative estimate of drug-likeness (QED) is 0.771. The first-order valence-electron chi connectivity index (χ1n) is 11.2. The SMILES string of the molecule is C[C@@H]1CCCC[C@H]1NC(=O)c1cccc(S(=O)(=O)N2CCN(c3ccccc3)CC2)c1. The van der Waals surface area contributed by atoms with E-state index in [0.717, 1.165) is 24.9 Å². The molecule has 166 valence electrons. The Morgan fingerprint density at radius 3 is 2.35 bits per heavy atom. The summed E-state index contributed by atoms with van der Waals surface area (Å²) in [5.41, 5.74) is 1.51. The van der Waals surface area contributed by atoms with Gasteiger partial charge in [0.15, 0.2) is 0 Å². The first-order valence-corrected chi connectivity index (χ1v) is 12.6. The van der Waals surface area contributed by atoms with Gasteiger partial charge in [0.2, 0.25) is 10.0 Å². The van der Waals surface area contributed by atoms with Crippen LogP contribution in [0.5, 0.6) is 0 Å². The Morgan fingerprint density at radius 1 is 0.935 bits per heavy atom. The molecule has 2 fully saturated rings. The predicted molar refractivity (Wildman–Crippen MR) is 123 cm³/mol. The predicted octanol–water partition coefficient (Wildman–Crippen LogP) is 3.51. The zero-order valence-electron chi connectivity index (χ0n) is 18.0.